The number of ketones is 1. The third kappa shape index (κ3) is 2.10. The van der Waals surface area contributed by atoms with Gasteiger partial charge in [-0.15, -0.1) is 11.8 Å². The van der Waals surface area contributed by atoms with Gasteiger partial charge >= 0.3 is 5.97 Å². The van der Waals surface area contributed by atoms with Crippen LogP contribution in [0.15, 0.2) is 29.3 Å². The van der Waals surface area contributed by atoms with E-state index in [4.69, 9.17) is 0 Å². The molecule has 1 atom stereocenters. The van der Waals surface area contributed by atoms with Gasteiger partial charge in [-0.1, -0.05) is 0 Å². The highest BCUT2D eigenvalue weighted by Crippen LogP contribution is 2.31. The molecule has 0 saturated heterocycles. The highest BCUT2D eigenvalue weighted by molar-refractivity contribution is 7.98. The van der Waals surface area contributed by atoms with Gasteiger partial charge in [0, 0.05) is 19.3 Å². The first-order valence-corrected chi connectivity index (χ1v) is 7.93. The first-order valence-electron chi connectivity index (χ1n) is 6.71. The molecule has 3 rings (SSSR count). The van der Waals surface area contributed by atoms with Crippen molar-refractivity contribution in [3.8, 4) is 0 Å². The van der Waals surface area contributed by atoms with Gasteiger partial charge < -0.3 is 14.2 Å². The zero-order valence-electron chi connectivity index (χ0n) is 11.9. The largest absolute Gasteiger partial charge is 0.481 e. The molecule has 1 N–H and O–H groups in total. The van der Waals surface area contributed by atoms with Crippen LogP contribution in [0.1, 0.15) is 34.2 Å². The molecule has 0 amide bonds. The Morgan fingerprint density at radius 3 is 2.57 bits per heavy atom. The third-order valence-electron chi connectivity index (χ3n) is 4.06. The van der Waals surface area contributed by atoms with Crippen LogP contribution < -0.4 is 0 Å². The lowest BCUT2D eigenvalue weighted by molar-refractivity contribution is -0.138. The topological polar surface area (TPSA) is 64.2 Å². The Bertz CT molecular complexity index is 729. The molecule has 2 aromatic rings. The van der Waals surface area contributed by atoms with Gasteiger partial charge in [0.05, 0.1) is 22.3 Å². The summed E-state index contributed by atoms with van der Waals surface area (Å²) in [4.78, 5) is 23.9. The Hall–Kier alpha value is -1.95. The number of aromatic nitrogens is 2. The zero-order valence-corrected chi connectivity index (χ0v) is 12.7. The van der Waals surface area contributed by atoms with Crippen LogP contribution in [0.4, 0.5) is 0 Å². The van der Waals surface area contributed by atoms with Crippen molar-refractivity contribution in [3.05, 3.63) is 41.3 Å². The first-order chi connectivity index (χ1) is 10.0. The van der Waals surface area contributed by atoms with E-state index in [-0.39, 0.29) is 5.78 Å². The summed E-state index contributed by atoms with van der Waals surface area (Å²) in [5.74, 6) is -1.38. The van der Waals surface area contributed by atoms with Crippen LogP contribution in [0.5, 0.6) is 0 Å². The maximum atomic E-state index is 12.7. The van der Waals surface area contributed by atoms with Crippen molar-refractivity contribution in [1.82, 2.24) is 9.13 Å². The number of aliphatic carboxylic acids is 1. The summed E-state index contributed by atoms with van der Waals surface area (Å²) in [7, 11) is 1.87. The molecule has 6 heteroatoms. The molecule has 5 nitrogen and oxygen atoms in total. The molecule has 0 bridgehead atoms. The van der Waals surface area contributed by atoms with E-state index in [2.05, 4.69) is 0 Å². The van der Waals surface area contributed by atoms with Crippen LogP contribution in [0.3, 0.4) is 0 Å². The van der Waals surface area contributed by atoms with Gasteiger partial charge in [0.15, 0.2) is 0 Å². The quantitative estimate of drug-likeness (QED) is 0.695. The minimum absolute atomic E-state index is 0.0601. The van der Waals surface area contributed by atoms with Gasteiger partial charge in [0.1, 0.15) is 0 Å². The molecule has 1 aliphatic rings. The van der Waals surface area contributed by atoms with Crippen LogP contribution >= 0.6 is 11.8 Å². The molecule has 0 radical (unpaired) electrons. The summed E-state index contributed by atoms with van der Waals surface area (Å²) < 4.78 is 3.71. The molecule has 0 aliphatic carbocycles. The summed E-state index contributed by atoms with van der Waals surface area (Å²) in [6.45, 7) is 0.584. The van der Waals surface area contributed by atoms with Gasteiger partial charge in [0.2, 0.25) is 5.78 Å². The number of hydrogen-bond acceptors (Lipinski definition) is 3. The van der Waals surface area contributed by atoms with Gasteiger partial charge in [-0.05, 0) is 36.9 Å². The van der Waals surface area contributed by atoms with Crippen molar-refractivity contribution in [2.75, 3.05) is 6.26 Å². The molecule has 21 heavy (non-hydrogen) atoms. The monoisotopic (exact) mass is 304 g/mol. The summed E-state index contributed by atoms with van der Waals surface area (Å²) in [5, 5.41) is 10.2. The Morgan fingerprint density at radius 1 is 1.24 bits per heavy atom. The number of fused-ring (bicyclic) bond motifs is 1. The zero-order chi connectivity index (χ0) is 15.1. The number of thioether (sulfide) groups is 1. The average molecular weight is 304 g/mol. The minimum Gasteiger partial charge on any atom is -0.481 e. The van der Waals surface area contributed by atoms with Crippen LogP contribution in [0.25, 0.3) is 0 Å². The Labute approximate surface area is 126 Å². The van der Waals surface area contributed by atoms with Crippen molar-refractivity contribution >= 4 is 23.5 Å². The lowest BCUT2D eigenvalue weighted by Gasteiger charge is -2.07. The van der Waals surface area contributed by atoms with Gasteiger partial charge in [-0.2, -0.15) is 0 Å². The van der Waals surface area contributed by atoms with E-state index >= 15 is 0 Å². The number of hydrogen-bond donors (Lipinski definition) is 1. The lowest BCUT2D eigenvalue weighted by atomic mass is 10.1. The van der Waals surface area contributed by atoms with E-state index in [1.807, 2.05) is 34.6 Å². The highest BCUT2D eigenvalue weighted by Gasteiger charge is 2.32. The fraction of sp³-hybridized carbons (Fsp3) is 0.333. The van der Waals surface area contributed by atoms with E-state index in [0.717, 1.165) is 10.7 Å². The fourth-order valence-corrected chi connectivity index (χ4v) is 3.52. The van der Waals surface area contributed by atoms with E-state index in [0.29, 0.717) is 24.4 Å². The molecule has 1 aliphatic heterocycles. The second-order valence-electron chi connectivity index (χ2n) is 5.12. The van der Waals surface area contributed by atoms with Crippen LogP contribution in [-0.2, 0) is 18.4 Å². The summed E-state index contributed by atoms with van der Waals surface area (Å²) in [5.41, 5.74) is 1.92. The van der Waals surface area contributed by atoms with Crippen molar-refractivity contribution in [1.29, 1.82) is 0 Å². The van der Waals surface area contributed by atoms with Crippen molar-refractivity contribution in [3.63, 3.8) is 0 Å². The number of carboxylic acids is 1. The van der Waals surface area contributed by atoms with Gasteiger partial charge in [-0.3, -0.25) is 9.59 Å². The van der Waals surface area contributed by atoms with Gasteiger partial charge in [0.25, 0.3) is 0 Å². The minimum atomic E-state index is -0.825. The Balaban J connectivity index is 1.99. The maximum Gasteiger partial charge on any atom is 0.312 e. The predicted molar refractivity (Wildman–Crippen MR) is 80.1 cm³/mol. The van der Waals surface area contributed by atoms with Crippen molar-refractivity contribution in [2.45, 2.75) is 23.9 Å². The second kappa shape index (κ2) is 5.11. The lowest BCUT2D eigenvalue weighted by Crippen LogP contribution is -2.13. The molecule has 0 saturated carbocycles. The van der Waals surface area contributed by atoms with E-state index in [1.165, 1.54) is 0 Å². The molecule has 0 aromatic carbocycles. The SMILES string of the molecule is CSc1ccc(C(=O)c2ccc3n2CCC3C(=O)O)n1C. The molecule has 2 aromatic heterocycles. The van der Waals surface area contributed by atoms with Crippen LogP contribution in [-0.4, -0.2) is 32.2 Å². The molecule has 3 heterocycles. The van der Waals surface area contributed by atoms with E-state index in [1.54, 1.807) is 23.9 Å². The highest BCUT2D eigenvalue weighted by atomic mass is 32.2. The summed E-state index contributed by atoms with van der Waals surface area (Å²) >= 11 is 1.59. The van der Waals surface area contributed by atoms with E-state index < -0.39 is 11.9 Å². The van der Waals surface area contributed by atoms with Crippen LogP contribution in [0, 0.1) is 0 Å². The fourth-order valence-electron chi connectivity index (χ4n) is 2.95. The van der Waals surface area contributed by atoms with Crippen molar-refractivity contribution < 1.29 is 14.7 Å². The molecule has 1 unspecified atom stereocenters. The first kappa shape index (κ1) is 14.0. The molecular weight excluding hydrogens is 288 g/mol. The van der Waals surface area contributed by atoms with E-state index in [9.17, 15) is 14.7 Å². The van der Waals surface area contributed by atoms with Crippen molar-refractivity contribution in [2.24, 2.45) is 7.05 Å². The predicted octanol–water partition coefficient (Wildman–Crippen LogP) is 2.35. The Kier molecular flexibility index (Phi) is 3.41. The third-order valence-corrected chi connectivity index (χ3v) is 4.89. The Morgan fingerprint density at radius 2 is 1.95 bits per heavy atom. The smallest absolute Gasteiger partial charge is 0.312 e. The molecule has 110 valence electrons. The number of carbonyl (C=O) groups is 2. The molecular formula is C15H16N2O3S. The number of carboxylic acid groups (broad SMARTS) is 1. The normalized spacial score (nSPS) is 17.0. The molecule has 0 fully saturated rings. The average Bonchev–Trinajstić information content (AvgIpc) is 3.10. The number of rotatable bonds is 4. The van der Waals surface area contributed by atoms with Crippen LogP contribution in [0.2, 0.25) is 0 Å². The second-order valence-corrected chi connectivity index (χ2v) is 5.95. The number of carbonyl (C=O) groups excluding carboxylic acids is 1. The number of nitrogens with zero attached hydrogens (tertiary/aromatic N) is 2. The van der Waals surface area contributed by atoms with Gasteiger partial charge in [-0.25, -0.2) is 0 Å². The maximum absolute atomic E-state index is 12.7. The summed E-state index contributed by atoms with van der Waals surface area (Å²) in [6.07, 6.45) is 2.52. The standard InChI is InChI=1S/C15H16N2O3S/c1-16-11(5-6-13(16)21-2)14(18)12-4-3-10-9(15(19)20)7-8-17(10)12/h3-6,9H,7-8H2,1-2H3,(H,19,20). The summed E-state index contributed by atoms with van der Waals surface area (Å²) in [6, 6.07) is 7.24. The molecule has 0 spiro atoms.